The van der Waals surface area contributed by atoms with Crippen molar-refractivity contribution in [1.29, 1.82) is 0 Å². The van der Waals surface area contributed by atoms with Crippen molar-refractivity contribution in [3.8, 4) is 0 Å². The van der Waals surface area contributed by atoms with Gasteiger partial charge in [0.05, 0.1) is 42.3 Å². The number of fused-ring (bicyclic) bond motifs is 3. The minimum absolute atomic E-state index is 0.105. The van der Waals surface area contributed by atoms with E-state index < -0.39 is 48.4 Å². The number of nitrogens with zero attached hydrogens (tertiary/aromatic N) is 3. The van der Waals surface area contributed by atoms with Gasteiger partial charge in [-0.25, -0.2) is 0 Å². The lowest BCUT2D eigenvalue weighted by Crippen LogP contribution is -2.48. The molecule has 7 rings (SSSR count). The normalized spacial score (nSPS) is 23.5. The first kappa shape index (κ1) is 36.2. The van der Waals surface area contributed by atoms with Crippen LogP contribution in [0.1, 0.15) is 46.0 Å². The monoisotopic (exact) mass is 734 g/mol. The van der Waals surface area contributed by atoms with E-state index in [-0.39, 0.29) is 37.1 Å². The standard InChI is InChI=1S/C40H42N4O8Si/c1-25-37(53(2,3)51)35(21-36(46)42-23-29-12-8-7-11-28(29)19-32(42)24-45)52-40(25)33-20-31(44(49)50)17-18-34(33)43(39(40)48)22-26-13-15-30(16-14-26)41-38(47)27-9-5-4-6-10-27/h4-18,20,25,32,35,37,45,51H,19,21-24H2,1-3H3,(H,41,47)/t25-,32+,35+,37-,40+/m1/s1. The summed E-state index contributed by atoms with van der Waals surface area (Å²) in [5.74, 6) is -1.60. The fourth-order valence-electron chi connectivity index (χ4n) is 8.54. The quantitative estimate of drug-likeness (QED) is 0.115. The molecular weight excluding hydrogens is 693 g/mol. The first-order valence-electron chi connectivity index (χ1n) is 17.8. The number of benzene rings is 4. The van der Waals surface area contributed by atoms with Crippen molar-refractivity contribution in [3.05, 3.63) is 135 Å². The van der Waals surface area contributed by atoms with Crippen LogP contribution in [0.15, 0.2) is 97.1 Å². The van der Waals surface area contributed by atoms with E-state index in [2.05, 4.69) is 5.32 Å². The van der Waals surface area contributed by atoms with Gasteiger partial charge in [-0.15, -0.1) is 0 Å². The number of ether oxygens (including phenoxy) is 1. The highest BCUT2D eigenvalue weighted by atomic mass is 28.4. The number of aliphatic hydroxyl groups excluding tert-OH is 1. The predicted molar refractivity (Wildman–Crippen MR) is 200 cm³/mol. The van der Waals surface area contributed by atoms with Gasteiger partial charge >= 0.3 is 0 Å². The molecule has 3 amide bonds. The number of non-ortho nitro benzene ring substituents is 1. The molecule has 1 fully saturated rings. The van der Waals surface area contributed by atoms with Crippen LogP contribution in [0.25, 0.3) is 0 Å². The van der Waals surface area contributed by atoms with Crippen LogP contribution >= 0.6 is 0 Å². The van der Waals surface area contributed by atoms with Crippen LogP contribution in [-0.4, -0.2) is 64.5 Å². The number of carbonyl (C=O) groups is 3. The Hall–Kier alpha value is -5.21. The number of nitrogens with one attached hydrogen (secondary N) is 1. The van der Waals surface area contributed by atoms with Gasteiger partial charge in [0.2, 0.25) is 5.91 Å². The lowest BCUT2D eigenvalue weighted by Gasteiger charge is -2.37. The van der Waals surface area contributed by atoms with Crippen molar-refractivity contribution < 1.29 is 33.9 Å². The van der Waals surface area contributed by atoms with Gasteiger partial charge in [0, 0.05) is 47.0 Å². The molecule has 0 saturated carbocycles. The average Bonchev–Trinajstić information content (AvgIpc) is 3.57. The zero-order chi connectivity index (χ0) is 37.7. The predicted octanol–water partition coefficient (Wildman–Crippen LogP) is 5.53. The molecule has 0 aliphatic carbocycles. The molecule has 3 N–H and O–H groups in total. The van der Waals surface area contributed by atoms with Gasteiger partial charge < -0.3 is 29.8 Å². The maximum Gasteiger partial charge on any atom is 0.269 e. The molecule has 53 heavy (non-hydrogen) atoms. The van der Waals surface area contributed by atoms with Crippen LogP contribution < -0.4 is 10.2 Å². The van der Waals surface area contributed by atoms with Crippen LogP contribution in [0.3, 0.4) is 0 Å². The molecule has 1 saturated heterocycles. The second-order valence-corrected chi connectivity index (χ2v) is 18.7. The topological polar surface area (TPSA) is 163 Å². The molecule has 3 heterocycles. The maximum atomic E-state index is 14.9. The van der Waals surface area contributed by atoms with Gasteiger partial charge in [0.15, 0.2) is 13.9 Å². The summed E-state index contributed by atoms with van der Waals surface area (Å²) in [4.78, 5) is 68.1. The summed E-state index contributed by atoms with van der Waals surface area (Å²) in [6, 6.07) is 27.6. The summed E-state index contributed by atoms with van der Waals surface area (Å²) in [6.07, 6.45) is -0.511. The molecule has 4 aromatic rings. The lowest BCUT2D eigenvalue weighted by atomic mass is 9.82. The lowest BCUT2D eigenvalue weighted by molar-refractivity contribution is -0.385. The van der Waals surface area contributed by atoms with Crippen molar-refractivity contribution in [2.45, 2.75) is 69.2 Å². The minimum Gasteiger partial charge on any atom is -0.432 e. The van der Waals surface area contributed by atoms with Crippen molar-refractivity contribution in [1.82, 2.24) is 4.90 Å². The van der Waals surface area contributed by atoms with Gasteiger partial charge in [-0.2, -0.15) is 0 Å². The molecule has 5 atom stereocenters. The molecule has 13 heteroatoms. The summed E-state index contributed by atoms with van der Waals surface area (Å²) in [6.45, 7) is 5.53. The van der Waals surface area contributed by atoms with E-state index in [0.29, 0.717) is 35.5 Å². The third-order valence-electron chi connectivity index (χ3n) is 11.0. The summed E-state index contributed by atoms with van der Waals surface area (Å²) in [5, 5.41) is 25.2. The molecule has 4 aromatic carbocycles. The first-order valence-corrected chi connectivity index (χ1v) is 20.8. The molecular formula is C40H42N4O8Si. The van der Waals surface area contributed by atoms with Gasteiger partial charge in [0.25, 0.3) is 17.5 Å². The number of nitro groups is 1. The van der Waals surface area contributed by atoms with Crippen LogP contribution in [0.4, 0.5) is 17.1 Å². The number of hydrogen-bond acceptors (Lipinski definition) is 8. The van der Waals surface area contributed by atoms with E-state index >= 15 is 0 Å². The summed E-state index contributed by atoms with van der Waals surface area (Å²) < 4.78 is 6.81. The van der Waals surface area contributed by atoms with Gasteiger partial charge in [-0.1, -0.05) is 61.5 Å². The van der Waals surface area contributed by atoms with Crippen molar-refractivity contribution >= 4 is 43.1 Å². The first-order chi connectivity index (χ1) is 25.3. The number of anilines is 2. The maximum absolute atomic E-state index is 14.9. The van der Waals surface area contributed by atoms with Crippen LogP contribution in [0.5, 0.6) is 0 Å². The third kappa shape index (κ3) is 6.54. The van der Waals surface area contributed by atoms with Crippen LogP contribution in [0, 0.1) is 16.0 Å². The Kier molecular flexibility index (Phi) is 9.53. The molecule has 3 aliphatic heterocycles. The second-order valence-electron chi connectivity index (χ2n) is 14.8. The van der Waals surface area contributed by atoms with Gasteiger partial charge in [0.1, 0.15) is 0 Å². The summed E-state index contributed by atoms with van der Waals surface area (Å²) in [7, 11) is -3.15. The molecule has 1 spiro atoms. The zero-order valence-electron chi connectivity index (χ0n) is 29.8. The highest BCUT2D eigenvalue weighted by Gasteiger charge is 2.66. The van der Waals surface area contributed by atoms with E-state index in [1.807, 2.05) is 37.3 Å². The Bertz CT molecular complexity index is 2070. The van der Waals surface area contributed by atoms with Gasteiger partial charge in [-0.05, 0) is 66.5 Å². The molecule has 0 aromatic heterocycles. The van der Waals surface area contributed by atoms with E-state index in [1.165, 1.54) is 12.1 Å². The van der Waals surface area contributed by atoms with Crippen LogP contribution in [-0.2, 0) is 39.4 Å². The molecule has 3 aliphatic rings. The largest absolute Gasteiger partial charge is 0.432 e. The van der Waals surface area contributed by atoms with E-state index in [4.69, 9.17) is 4.74 Å². The minimum atomic E-state index is -3.15. The van der Waals surface area contributed by atoms with E-state index in [0.717, 1.165) is 16.7 Å². The molecule has 0 radical (unpaired) electrons. The van der Waals surface area contributed by atoms with Crippen molar-refractivity contribution in [2.75, 3.05) is 16.8 Å². The molecule has 0 bridgehead atoms. The Morgan fingerprint density at radius 1 is 1.00 bits per heavy atom. The average molecular weight is 735 g/mol. The molecule has 274 valence electrons. The third-order valence-corrected chi connectivity index (χ3v) is 13.5. The number of hydrogen-bond donors (Lipinski definition) is 3. The smallest absolute Gasteiger partial charge is 0.269 e. The Morgan fingerprint density at radius 2 is 1.68 bits per heavy atom. The Morgan fingerprint density at radius 3 is 2.34 bits per heavy atom. The highest BCUT2D eigenvalue weighted by Crippen LogP contribution is 2.60. The Labute approximate surface area is 308 Å². The summed E-state index contributed by atoms with van der Waals surface area (Å²) in [5.41, 5.74) is 2.18. The van der Waals surface area contributed by atoms with Crippen molar-refractivity contribution in [2.24, 2.45) is 5.92 Å². The fourth-order valence-corrected chi connectivity index (χ4v) is 11.1. The SMILES string of the molecule is C[C@@H]1[C@@H]([Si](C)(C)O)[C@H](CC(=O)N2Cc3ccccc3C[C@H]2CO)O[C@@]12C(=O)N(Cc1ccc(NC(=O)c3ccccc3)cc1)c1ccc([N+](=O)[O-])cc12. The van der Waals surface area contributed by atoms with Crippen molar-refractivity contribution in [3.63, 3.8) is 0 Å². The summed E-state index contributed by atoms with van der Waals surface area (Å²) >= 11 is 0. The van der Waals surface area contributed by atoms with E-state index in [9.17, 15) is 34.4 Å². The van der Waals surface area contributed by atoms with E-state index in [1.54, 1.807) is 77.5 Å². The number of rotatable bonds is 9. The highest BCUT2D eigenvalue weighted by molar-refractivity contribution is 6.71. The molecule has 0 unspecified atom stereocenters. The van der Waals surface area contributed by atoms with Crippen LogP contribution in [0.2, 0.25) is 18.6 Å². The zero-order valence-corrected chi connectivity index (χ0v) is 30.8. The fraction of sp³-hybridized carbons (Fsp3) is 0.325. The van der Waals surface area contributed by atoms with Gasteiger partial charge in [-0.3, -0.25) is 24.5 Å². The number of aliphatic hydroxyl groups is 1. The Balaban J connectivity index is 1.19. The number of nitro benzene ring substituents is 1. The number of amides is 3. The molecule has 12 nitrogen and oxygen atoms in total. The second kappa shape index (κ2) is 14.0. The number of carbonyl (C=O) groups excluding carboxylic acids is 3.